The average molecular weight is 264 g/mol. The lowest BCUT2D eigenvalue weighted by molar-refractivity contribution is 0.590. The molecule has 3 aromatic rings. The number of hydrogen-bond donors (Lipinski definition) is 1. The Balaban J connectivity index is 1.88. The molecule has 2 heteroatoms. The van der Waals surface area contributed by atoms with Crippen LogP contribution in [0.15, 0.2) is 48.8 Å². The summed E-state index contributed by atoms with van der Waals surface area (Å²) in [5.74, 6) is 0. The lowest BCUT2D eigenvalue weighted by atomic mass is 9.86. The van der Waals surface area contributed by atoms with Gasteiger partial charge in [-0.15, -0.1) is 0 Å². The van der Waals surface area contributed by atoms with Crippen molar-refractivity contribution in [2.75, 3.05) is 0 Å². The third-order valence-electron chi connectivity index (χ3n) is 3.75. The monoisotopic (exact) mass is 264 g/mol. The summed E-state index contributed by atoms with van der Waals surface area (Å²) >= 11 is 0. The number of rotatable bonds is 2. The van der Waals surface area contributed by atoms with Gasteiger partial charge in [-0.1, -0.05) is 45.0 Å². The molecule has 102 valence electrons. The van der Waals surface area contributed by atoms with Crippen molar-refractivity contribution in [2.24, 2.45) is 0 Å². The van der Waals surface area contributed by atoms with Gasteiger partial charge in [-0.2, -0.15) is 0 Å². The fourth-order valence-corrected chi connectivity index (χ4v) is 2.50. The van der Waals surface area contributed by atoms with Crippen LogP contribution < -0.4 is 0 Å². The number of benzene rings is 1. The first-order valence-electron chi connectivity index (χ1n) is 7.04. The minimum Gasteiger partial charge on any atom is -0.346 e. The fraction of sp³-hybridized carbons (Fsp3) is 0.278. The number of pyridine rings is 1. The number of nitrogens with zero attached hydrogens (tertiary/aromatic N) is 1. The molecule has 0 amide bonds. The smallest absolute Gasteiger partial charge is 0.137 e. The molecule has 0 saturated carbocycles. The van der Waals surface area contributed by atoms with E-state index in [9.17, 15) is 0 Å². The van der Waals surface area contributed by atoms with Crippen LogP contribution in [0.4, 0.5) is 0 Å². The third kappa shape index (κ3) is 2.46. The molecule has 1 aromatic carbocycles. The third-order valence-corrected chi connectivity index (χ3v) is 3.75. The molecule has 0 aliphatic carbocycles. The van der Waals surface area contributed by atoms with Gasteiger partial charge in [0, 0.05) is 17.8 Å². The number of aromatic nitrogens is 2. The van der Waals surface area contributed by atoms with Crippen molar-refractivity contribution in [3.05, 3.63) is 65.5 Å². The SMILES string of the molecule is CC(C)(C)c1ccc(Cc2c[nH]c3ncccc23)cc1. The molecule has 1 N–H and O–H groups in total. The maximum absolute atomic E-state index is 4.33. The highest BCUT2D eigenvalue weighted by Gasteiger charge is 2.13. The molecule has 0 atom stereocenters. The molecule has 0 saturated heterocycles. The summed E-state index contributed by atoms with van der Waals surface area (Å²) in [5.41, 5.74) is 5.19. The van der Waals surface area contributed by atoms with E-state index < -0.39 is 0 Å². The van der Waals surface area contributed by atoms with Crippen molar-refractivity contribution in [3.8, 4) is 0 Å². The summed E-state index contributed by atoms with van der Waals surface area (Å²) in [6.45, 7) is 6.73. The van der Waals surface area contributed by atoms with Gasteiger partial charge in [0.2, 0.25) is 0 Å². The molecule has 2 heterocycles. The van der Waals surface area contributed by atoms with E-state index in [4.69, 9.17) is 0 Å². The minimum atomic E-state index is 0.212. The normalized spacial score (nSPS) is 11.9. The fourth-order valence-electron chi connectivity index (χ4n) is 2.50. The Hall–Kier alpha value is -2.09. The highest BCUT2D eigenvalue weighted by Crippen LogP contribution is 2.24. The van der Waals surface area contributed by atoms with E-state index in [0.29, 0.717) is 0 Å². The summed E-state index contributed by atoms with van der Waals surface area (Å²) < 4.78 is 0. The molecule has 20 heavy (non-hydrogen) atoms. The minimum absolute atomic E-state index is 0.212. The van der Waals surface area contributed by atoms with Crippen LogP contribution in [-0.4, -0.2) is 9.97 Å². The predicted molar refractivity (Wildman–Crippen MR) is 84.0 cm³/mol. The van der Waals surface area contributed by atoms with Crippen LogP contribution in [0.3, 0.4) is 0 Å². The average Bonchev–Trinajstić information content (AvgIpc) is 2.82. The first-order chi connectivity index (χ1) is 9.54. The Bertz CT molecular complexity index is 715. The first-order valence-corrected chi connectivity index (χ1v) is 7.04. The first kappa shape index (κ1) is 12.9. The van der Waals surface area contributed by atoms with Crippen molar-refractivity contribution in [3.63, 3.8) is 0 Å². The van der Waals surface area contributed by atoms with Gasteiger partial charge in [-0.3, -0.25) is 0 Å². The van der Waals surface area contributed by atoms with E-state index >= 15 is 0 Å². The molecule has 0 aliphatic rings. The molecule has 0 radical (unpaired) electrons. The van der Waals surface area contributed by atoms with Gasteiger partial charge in [0.05, 0.1) is 0 Å². The Morgan fingerprint density at radius 1 is 1.05 bits per heavy atom. The summed E-state index contributed by atoms with van der Waals surface area (Å²) in [6.07, 6.45) is 4.83. The zero-order valence-corrected chi connectivity index (χ0v) is 12.3. The van der Waals surface area contributed by atoms with Gasteiger partial charge in [0.1, 0.15) is 5.65 Å². The van der Waals surface area contributed by atoms with Crippen molar-refractivity contribution >= 4 is 11.0 Å². The Morgan fingerprint density at radius 3 is 2.50 bits per heavy atom. The second-order valence-electron chi connectivity index (χ2n) is 6.34. The van der Waals surface area contributed by atoms with Crippen LogP contribution in [-0.2, 0) is 11.8 Å². The standard InChI is InChI=1S/C18H20N2/c1-18(2,3)15-8-6-13(7-9-15)11-14-12-20-17-16(14)5-4-10-19-17/h4-10,12H,11H2,1-3H3,(H,19,20). The van der Waals surface area contributed by atoms with Crippen LogP contribution in [0, 0.1) is 0 Å². The molecule has 0 unspecified atom stereocenters. The molecule has 2 nitrogen and oxygen atoms in total. The van der Waals surface area contributed by atoms with E-state index in [1.807, 2.05) is 12.3 Å². The molecule has 0 aliphatic heterocycles. The molecule has 0 spiro atoms. The quantitative estimate of drug-likeness (QED) is 0.727. The Labute approximate surface area is 119 Å². The predicted octanol–water partition coefficient (Wildman–Crippen LogP) is 4.45. The molecular formula is C18H20N2. The summed E-state index contributed by atoms with van der Waals surface area (Å²) in [5, 5.41) is 1.22. The lowest BCUT2D eigenvalue weighted by Gasteiger charge is -2.19. The van der Waals surface area contributed by atoms with Crippen LogP contribution in [0.5, 0.6) is 0 Å². The molecule has 2 aromatic heterocycles. The van der Waals surface area contributed by atoms with Gasteiger partial charge in [0.25, 0.3) is 0 Å². The van der Waals surface area contributed by atoms with Gasteiger partial charge in [0.15, 0.2) is 0 Å². The van der Waals surface area contributed by atoms with E-state index in [1.54, 1.807) is 0 Å². The second-order valence-corrected chi connectivity index (χ2v) is 6.34. The summed E-state index contributed by atoms with van der Waals surface area (Å²) in [4.78, 5) is 7.57. The van der Waals surface area contributed by atoms with Crippen molar-refractivity contribution in [2.45, 2.75) is 32.6 Å². The van der Waals surface area contributed by atoms with Crippen molar-refractivity contribution in [1.29, 1.82) is 0 Å². The van der Waals surface area contributed by atoms with Gasteiger partial charge in [-0.25, -0.2) is 4.98 Å². The lowest BCUT2D eigenvalue weighted by Crippen LogP contribution is -2.10. The number of fused-ring (bicyclic) bond motifs is 1. The Morgan fingerprint density at radius 2 is 1.80 bits per heavy atom. The van der Waals surface area contributed by atoms with Crippen LogP contribution >= 0.6 is 0 Å². The zero-order chi connectivity index (χ0) is 14.2. The molecule has 3 rings (SSSR count). The maximum Gasteiger partial charge on any atom is 0.137 e. The van der Waals surface area contributed by atoms with E-state index in [-0.39, 0.29) is 5.41 Å². The number of nitrogens with one attached hydrogen (secondary N) is 1. The van der Waals surface area contributed by atoms with Gasteiger partial charge in [-0.05, 0) is 40.7 Å². The molecule has 0 bridgehead atoms. The zero-order valence-electron chi connectivity index (χ0n) is 12.3. The molecule has 0 fully saturated rings. The number of aromatic amines is 1. The van der Waals surface area contributed by atoms with Crippen LogP contribution in [0.2, 0.25) is 0 Å². The van der Waals surface area contributed by atoms with Gasteiger partial charge < -0.3 is 4.98 Å². The highest BCUT2D eigenvalue weighted by atomic mass is 14.8. The topological polar surface area (TPSA) is 28.7 Å². The number of H-pyrrole nitrogens is 1. The summed E-state index contributed by atoms with van der Waals surface area (Å²) in [6, 6.07) is 13.1. The van der Waals surface area contributed by atoms with E-state index in [1.165, 1.54) is 22.1 Å². The van der Waals surface area contributed by atoms with E-state index in [0.717, 1.165) is 12.1 Å². The van der Waals surface area contributed by atoms with Crippen molar-refractivity contribution < 1.29 is 0 Å². The van der Waals surface area contributed by atoms with Crippen LogP contribution in [0.1, 0.15) is 37.5 Å². The molecular weight excluding hydrogens is 244 g/mol. The summed E-state index contributed by atoms with van der Waals surface area (Å²) in [7, 11) is 0. The van der Waals surface area contributed by atoms with Gasteiger partial charge >= 0.3 is 0 Å². The second kappa shape index (κ2) is 4.78. The largest absolute Gasteiger partial charge is 0.346 e. The Kier molecular flexibility index (Phi) is 3.09. The maximum atomic E-state index is 4.33. The highest BCUT2D eigenvalue weighted by molar-refractivity contribution is 5.79. The van der Waals surface area contributed by atoms with Crippen LogP contribution in [0.25, 0.3) is 11.0 Å². The van der Waals surface area contributed by atoms with E-state index in [2.05, 4.69) is 67.3 Å². The number of hydrogen-bond acceptors (Lipinski definition) is 1. The van der Waals surface area contributed by atoms with Crippen molar-refractivity contribution in [1.82, 2.24) is 9.97 Å².